The molecule has 7 heteroatoms. The number of nitrogens with one attached hydrogen (secondary N) is 2. The second kappa shape index (κ2) is 9.26. The van der Waals surface area contributed by atoms with Gasteiger partial charge in [-0.3, -0.25) is 0 Å². The summed E-state index contributed by atoms with van der Waals surface area (Å²) in [6.07, 6.45) is 1.73. The third-order valence-electron chi connectivity index (χ3n) is 3.64. The third kappa shape index (κ3) is 5.50. The molecule has 0 fully saturated rings. The highest BCUT2D eigenvalue weighted by Gasteiger charge is 2.06. The van der Waals surface area contributed by atoms with E-state index in [0.717, 1.165) is 22.9 Å². The molecule has 0 unspecified atom stereocenters. The van der Waals surface area contributed by atoms with Crippen LogP contribution in [0.2, 0.25) is 0 Å². The first-order chi connectivity index (χ1) is 12.7. The predicted octanol–water partition coefficient (Wildman–Crippen LogP) is 4.53. The van der Waals surface area contributed by atoms with E-state index in [-0.39, 0.29) is 0 Å². The monoisotopic (exact) mass is 384 g/mol. The largest absolute Gasteiger partial charge is 0.493 e. The van der Waals surface area contributed by atoms with Gasteiger partial charge in [-0.2, -0.15) is 0 Å². The number of aromatic nitrogens is 2. The van der Waals surface area contributed by atoms with Crippen molar-refractivity contribution < 1.29 is 4.74 Å². The van der Waals surface area contributed by atoms with Crippen LogP contribution in [0.25, 0.3) is 0 Å². The lowest BCUT2D eigenvalue weighted by Crippen LogP contribution is -2.18. The maximum Gasteiger partial charge on any atom is 0.211 e. The third-order valence-corrected chi connectivity index (χ3v) is 4.74. The minimum absolute atomic E-state index is 0.492. The van der Waals surface area contributed by atoms with Gasteiger partial charge in [0.1, 0.15) is 10.8 Å². The van der Waals surface area contributed by atoms with Gasteiger partial charge in [-0.1, -0.05) is 48.6 Å². The summed E-state index contributed by atoms with van der Waals surface area (Å²) < 4.78 is 5.76. The molecular formula is C19H20N4OS2. The molecule has 0 atom stereocenters. The van der Waals surface area contributed by atoms with E-state index in [0.29, 0.717) is 23.3 Å². The number of hydrogen-bond acceptors (Lipinski definition) is 5. The van der Waals surface area contributed by atoms with E-state index in [1.807, 2.05) is 42.5 Å². The van der Waals surface area contributed by atoms with Gasteiger partial charge in [-0.15, -0.1) is 10.2 Å². The fraction of sp³-hybridized carbons (Fsp3) is 0.211. The van der Waals surface area contributed by atoms with Gasteiger partial charge in [0.25, 0.3) is 0 Å². The number of thiocarbonyl (C=S) groups is 1. The molecule has 0 amide bonds. The molecule has 0 aliphatic carbocycles. The van der Waals surface area contributed by atoms with E-state index >= 15 is 0 Å². The molecule has 3 aromatic rings. The number of hydrogen-bond donors (Lipinski definition) is 2. The SMILES string of the molecule is CCc1ccc(OCCc2nnc(NC(=S)Nc3ccccc3)s2)cc1. The van der Waals surface area contributed by atoms with Crippen LogP contribution < -0.4 is 15.4 Å². The Morgan fingerprint density at radius 2 is 1.81 bits per heavy atom. The van der Waals surface area contributed by atoms with Crippen LogP contribution in [0.3, 0.4) is 0 Å². The molecule has 0 aliphatic rings. The second-order valence-electron chi connectivity index (χ2n) is 5.54. The van der Waals surface area contributed by atoms with Gasteiger partial charge in [0, 0.05) is 12.1 Å². The van der Waals surface area contributed by atoms with Crippen molar-refractivity contribution in [3.8, 4) is 5.75 Å². The Hall–Kier alpha value is -2.51. The van der Waals surface area contributed by atoms with Crippen molar-refractivity contribution in [2.24, 2.45) is 0 Å². The molecule has 1 heterocycles. The van der Waals surface area contributed by atoms with Crippen molar-refractivity contribution in [1.29, 1.82) is 0 Å². The zero-order valence-electron chi connectivity index (χ0n) is 14.4. The van der Waals surface area contributed by atoms with Crippen molar-refractivity contribution >= 4 is 39.5 Å². The molecule has 2 N–H and O–H groups in total. The first-order valence-electron chi connectivity index (χ1n) is 8.40. The summed E-state index contributed by atoms with van der Waals surface area (Å²) >= 11 is 6.76. The smallest absolute Gasteiger partial charge is 0.211 e. The maximum absolute atomic E-state index is 5.76. The number of aryl methyl sites for hydroxylation is 1. The van der Waals surface area contributed by atoms with E-state index < -0.39 is 0 Å². The molecule has 0 bridgehead atoms. The predicted molar refractivity (Wildman–Crippen MR) is 111 cm³/mol. The summed E-state index contributed by atoms with van der Waals surface area (Å²) in [5.74, 6) is 0.873. The molecule has 134 valence electrons. The van der Waals surface area contributed by atoms with Gasteiger partial charge in [-0.05, 0) is 48.5 Å². The van der Waals surface area contributed by atoms with Crippen LogP contribution in [0.5, 0.6) is 5.75 Å². The van der Waals surface area contributed by atoms with E-state index in [4.69, 9.17) is 17.0 Å². The number of anilines is 2. The van der Waals surface area contributed by atoms with Gasteiger partial charge in [-0.25, -0.2) is 0 Å². The number of nitrogens with zero attached hydrogens (tertiary/aromatic N) is 2. The fourth-order valence-electron chi connectivity index (χ4n) is 2.26. The minimum atomic E-state index is 0.492. The number of benzene rings is 2. The molecule has 0 saturated carbocycles. The number of para-hydroxylation sites is 1. The molecule has 0 saturated heterocycles. The lowest BCUT2D eigenvalue weighted by Gasteiger charge is -2.07. The summed E-state index contributed by atoms with van der Waals surface area (Å²) in [5, 5.41) is 16.5. The van der Waals surface area contributed by atoms with Crippen molar-refractivity contribution in [2.45, 2.75) is 19.8 Å². The average Bonchev–Trinajstić information content (AvgIpc) is 3.10. The first-order valence-corrected chi connectivity index (χ1v) is 9.62. The van der Waals surface area contributed by atoms with Gasteiger partial charge in [0.2, 0.25) is 5.13 Å². The normalized spacial score (nSPS) is 10.3. The molecule has 5 nitrogen and oxygen atoms in total. The molecule has 26 heavy (non-hydrogen) atoms. The topological polar surface area (TPSA) is 59.1 Å². The molecule has 3 rings (SSSR count). The van der Waals surface area contributed by atoms with Crippen molar-refractivity contribution in [1.82, 2.24) is 10.2 Å². The second-order valence-corrected chi connectivity index (χ2v) is 7.01. The van der Waals surface area contributed by atoms with Gasteiger partial charge in [0.15, 0.2) is 5.11 Å². The lowest BCUT2D eigenvalue weighted by atomic mass is 10.2. The Balaban J connectivity index is 1.44. The van der Waals surface area contributed by atoms with E-state index in [1.165, 1.54) is 16.9 Å². The van der Waals surface area contributed by atoms with E-state index in [9.17, 15) is 0 Å². The Kier molecular flexibility index (Phi) is 6.51. The average molecular weight is 385 g/mol. The highest BCUT2D eigenvalue weighted by molar-refractivity contribution is 7.80. The Labute approximate surface area is 162 Å². The lowest BCUT2D eigenvalue weighted by molar-refractivity contribution is 0.321. The Morgan fingerprint density at radius 1 is 1.04 bits per heavy atom. The van der Waals surface area contributed by atoms with Crippen LogP contribution in [0.15, 0.2) is 54.6 Å². The van der Waals surface area contributed by atoms with Crippen molar-refractivity contribution in [3.05, 3.63) is 65.2 Å². The summed E-state index contributed by atoms with van der Waals surface area (Å²) in [7, 11) is 0. The fourth-order valence-corrected chi connectivity index (χ4v) is 3.27. The summed E-state index contributed by atoms with van der Waals surface area (Å²) in [6, 6.07) is 17.9. The van der Waals surface area contributed by atoms with Crippen molar-refractivity contribution in [2.75, 3.05) is 17.2 Å². The zero-order chi connectivity index (χ0) is 18.2. The molecule has 1 aromatic heterocycles. The molecule has 0 spiro atoms. The van der Waals surface area contributed by atoms with Crippen LogP contribution in [0.1, 0.15) is 17.5 Å². The van der Waals surface area contributed by atoms with Crippen LogP contribution in [0.4, 0.5) is 10.8 Å². The molecular weight excluding hydrogens is 364 g/mol. The molecule has 2 aromatic carbocycles. The quantitative estimate of drug-likeness (QED) is 0.584. The zero-order valence-corrected chi connectivity index (χ0v) is 16.1. The van der Waals surface area contributed by atoms with Gasteiger partial charge >= 0.3 is 0 Å². The van der Waals surface area contributed by atoms with Crippen LogP contribution in [-0.2, 0) is 12.8 Å². The first kappa shape index (κ1) is 18.3. The Bertz CT molecular complexity index is 834. The maximum atomic E-state index is 5.76. The summed E-state index contributed by atoms with van der Waals surface area (Å²) in [5.41, 5.74) is 2.23. The van der Waals surface area contributed by atoms with E-state index in [2.05, 4.69) is 39.9 Å². The molecule has 0 aliphatic heterocycles. The minimum Gasteiger partial charge on any atom is -0.493 e. The van der Waals surface area contributed by atoms with E-state index in [1.54, 1.807) is 0 Å². The van der Waals surface area contributed by atoms with Gasteiger partial charge < -0.3 is 15.4 Å². The van der Waals surface area contributed by atoms with Crippen LogP contribution in [-0.4, -0.2) is 21.9 Å². The standard InChI is InChI=1S/C19H20N4OS2/c1-2-14-8-10-16(11-9-14)24-13-12-17-22-23-19(26-17)21-18(25)20-15-6-4-3-5-7-15/h3-11H,2,12-13H2,1H3,(H2,20,21,23,25). The van der Waals surface area contributed by atoms with Gasteiger partial charge in [0.05, 0.1) is 6.61 Å². The van der Waals surface area contributed by atoms with Crippen LogP contribution in [0, 0.1) is 0 Å². The molecule has 0 radical (unpaired) electrons. The van der Waals surface area contributed by atoms with Crippen LogP contribution >= 0.6 is 23.6 Å². The highest BCUT2D eigenvalue weighted by Crippen LogP contribution is 2.18. The summed E-state index contributed by atoms with van der Waals surface area (Å²) in [4.78, 5) is 0. The Morgan fingerprint density at radius 3 is 2.54 bits per heavy atom. The number of rotatable bonds is 7. The summed E-state index contributed by atoms with van der Waals surface area (Å²) in [6.45, 7) is 2.70. The van der Waals surface area contributed by atoms with Crippen molar-refractivity contribution in [3.63, 3.8) is 0 Å². The highest BCUT2D eigenvalue weighted by atomic mass is 32.1. The number of ether oxygens (including phenoxy) is 1.